The highest BCUT2D eigenvalue weighted by atomic mass is 35.5. The summed E-state index contributed by atoms with van der Waals surface area (Å²) in [5.74, 6) is 0. The van der Waals surface area contributed by atoms with E-state index in [4.69, 9.17) is 23.8 Å². The van der Waals surface area contributed by atoms with Crippen molar-refractivity contribution < 1.29 is 4.90 Å². The number of fused-ring (bicyclic) bond motifs is 1. The summed E-state index contributed by atoms with van der Waals surface area (Å²) < 4.78 is 0. The molecule has 0 amide bonds. The number of aromatic amines is 1. The van der Waals surface area contributed by atoms with Crippen molar-refractivity contribution in [2.45, 2.75) is 33.7 Å². The number of hydrogen-bond donors (Lipinski definition) is 3. The fraction of sp³-hybridized carbons (Fsp3) is 0.375. The molecule has 0 unspecified atom stereocenters. The maximum Gasteiger partial charge on any atom is 0.173 e. The van der Waals surface area contributed by atoms with E-state index in [0.717, 1.165) is 66.0 Å². The molecule has 0 atom stereocenters. The third kappa shape index (κ3) is 5.54. The van der Waals surface area contributed by atoms with Crippen LogP contribution in [-0.2, 0) is 6.54 Å². The van der Waals surface area contributed by atoms with Crippen molar-refractivity contribution in [3.63, 3.8) is 0 Å². The van der Waals surface area contributed by atoms with Crippen LogP contribution in [0.25, 0.3) is 10.9 Å². The van der Waals surface area contributed by atoms with Crippen molar-refractivity contribution in [3.8, 4) is 0 Å². The molecule has 0 aliphatic heterocycles. The van der Waals surface area contributed by atoms with E-state index in [1.807, 2.05) is 25.1 Å². The summed E-state index contributed by atoms with van der Waals surface area (Å²) >= 11 is 12.2. The third-order valence-electron chi connectivity index (χ3n) is 5.79. The number of rotatable bonds is 9. The number of quaternary nitrogens is 1. The van der Waals surface area contributed by atoms with Gasteiger partial charge in [0.1, 0.15) is 0 Å². The molecule has 0 saturated carbocycles. The van der Waals surface area contributed by atoms with Crippen molar-refractivity contribution in [3.05, 3.63) is 64.8 Å². The first-order valence-electron chi connectivity index (χ1n) is 10.7. The number of benzene rings is 2. The number of hydrogen-bond acceptors (Lipinski definition) is 1. The standard InChI is InChI=1S/C24H31ClN4S/c1-4-28(5-2)14-9-15-29(17-19-16-26-23-12-7-6-10-20(19)23)24(30)27-22-13-8-11-21(25)18(22)3/h6-8,10-13,16,26H,4-5,9,14-15,17H2,1-3H3,(H,27,30)/p+1. The Morgan fingerprint density at radius 3 is 2.67 bits per heavy atom. The second kappa shape index (κ2) is 10.8. The Bertz CT molecular complexity index is 980. The number of halogens is 1. The third-order valence-corrected chi connectivity index (χ3v) is 6.56. The normalized spacial score (nSPS) is 11.2. The summed E-state index contributed by atoms with van der Waals surface area (Å²) in [5, 5.41) is 6.17. The van der Waals surface area contributed by atoms with Gasteiger partial charge in [-0.2, -0.15) is 0 Å². The van der Waals surface area contributed by atoms with E-state index in [9.17, 15) is 0 Å². The van der Waals surface area contributed by atoms with Crippen molar-refractivity contribution in [1.82, 2.24) is 9.88 Å². The number of aromatic nitrogens is 1. The second-order valence-electron chi connectivity index (χ2n) is 7.68. The second-order valence-corrected chi connectivity index (χ2v) is 8.48. The Kier molecular flexibility index (Phi) is 8.14. The van der Waals surface area contributed by atoms with Gasteiger partial charge in [-0.1, -0.05) is 35.9 Å². The van der Waals surface area contributed by atoms with Crippen LogP contribution in [-0.4, -0.2) is 41.2 Å². The molecule has 3 N–H and O–H groups in total. The Morgan fingerprint density at radius 1 is 1.13 bits per heavy atom. The van der Waals surface area contributed by atoms with Crippen molar-refractivity contribution in [2.24, 2.45) is 0 Å². The van der Waals surface area contributed by atoms with Gasteiger partial charge in [-0.15, -0.1) is 0 Å². The van der Waals surface area contributed by atoms with Gasteiger partial charge in [0, 0.05) is 47.3 Å². The lowest BCUT2D eigenvalue weighted by molar-refractivity contribution is -0.896. The summed E-state index contributed by atoms with van der Waals surface area (Å²) in [7, 11) is 0. The molecule has 2 aromatic carbocycles. The van der Waals surface area contributed by atoms with Crippen LogP contribution in [0.5, 0.6) is 0 Å². The summed E-state index contributed by atoms with van der Waals surface area (Å²) in [6.45, 7) is 11.6. The van der Waals surface area contributed by atoms with Crippen LogP contribution in [0.3, 0.4) is 0 Å². The Balaban J connectivity index is 1.77. The van der Waals surface area contributed by atoms with Crippen LogP contribution < -0.4 is 10.2 Å². The molecule has 0 bridgehead atoms. The Morgan fingerprint density at radius 2 is 1.90 bits per heavy atom. The molecule has 0 aliphatic rings. The number of H-pyrrole nitrogens is 1. The van der Waals surface area contributed by atoms with Gasteiger partial charge in [-0.25, -0.2) is 0 Å². The highest BCUT2D eigenvalue weighted by Gasteiger charge is 2.15. The molecule has 0 radical (unpaired) electrons. The molecule has 1 heterocycles. The van der Waals surface area contributed by atoms with E-state index in [1.165, 1.54) is 10.9 Å². The first kappa shape index (κ1) is 22.6. The van der Waals surface area contributed by atoms with Gasteiger partial charge in [0.25, 0.3) is 0 Å². The zero-order valence-electron chi connectivity index (χ0n) is 18.1. The minimum absolute atomic E-state index is 0.736. The monoisotopic (exact) mass is 443 g/mol. The lowest BCUT2D eigenvalue weighted by Crippen LogP contribution is -3.11. The van der Waals surface area contributed by atoms with E-state index in [-0.39, 0.29) is 0 Å². The quantitative estimate of drug-likeness (QED) is 0.421. The highest BCUT2D eigenvalue weighted by Crippen LogP contribution is 2.24. The molecule has 6 heteroatoms. The van der Waals surface area contributed by atoms with Crippen molar-refractivity contribution in [1.29, 1.82) is 0 Å². The van der Waals surface area contributed by atoms with Crippen LogP contribution in [0.1, 0.15) is 31.4 Å². The summed E-state index contributed by atoms with van der Waals surface area (Å²) in [4.78, 5) is 7.27. The van der Waals surface area contributed by atoms with E-state index in [1.54, 1.807) is 4.90 Å². The Labute approximate surface area is 190 Å². The molecule has 3 aromatic rings. The topological polar surface area (TPSA) is 35.5 Å². The van der Waals surface area contributed by atoms with Crippen LogP contribution in [0.15, 0.2) is 48.7 Å². The first-order chi connectivity index (χ1) is 14.5. The maximum atomic E-state index is 6.30. The van der Waals surface area contributed by atoms with E-state index >= 15 is 0 Å². The molecule has 160 valence electrons. The molecule has 4 nitrogen and oxygen atoms in total. The number of thiocarbonyl (C=S) groups is 1. The van der Waals surface area contributed by atoms with E-state index < -0.39 is 0 Å². The fourth-order valence-electron chi connectivity index (χ4n) is 3.78. The molecule has 0 fully saturated rings. The van der Waals surface area contributed by atoms with Gasteiger partial charge in [-0.3, -0.25) is 0 Å². The molecule has 3 rings (SSSR count). The fourth-order valence-corrected chi connectivity index (χ4v) is 4.22. The number of nitrogens with zero attached hydrogens (tertiary/aromatic N) is 1. The molecule has 0 saturated heterocycles. The van der Waals surface area contributed by atoms with Gasteiger partial charge in [-0.05, 0) is 62.3 Å². The smallest absolute Gasteiger partial charge is 0.173 e. The molecule has 30 heavy (non-hydrogen) atoms. The summed E-state index contributed by atoms with van der Waals surface area (Å²) in [5.41, 5.74) is 4.39. The average Bonchev–Trinajstić information content (AvgIpc) is 3.16. The molecular formula is C24H32ClN4S+. The zero-order valence-corrected chi connectivity index (χ0v) is 19.7. The molecule has 0 aliphatic carbocycles. The average molecular weight is 444 g/mol. The lowest BCUT2D eigenvalue weighted by Gasteiger charge is -2.27. The van der Waals surface area contributed by atoms with E-state index in [0.29, 0.717) is 0 Å². The summed E-state index contributed by atoms with van der Waals surface area (Å²) in [6.07, 6.45) is 3.19. The van der Waals surface area contributed by atoms with Gasteiger partial charge in [0.15, 0.2) is 5.11 Å². The van der Waals surface area contributed by atoms with Crippen LogP contribution in [0, 0.1) is 6.92 Å². The predicted octanol–water partition coefficient (Wildman–Crippen LogP) is 4.64. The molecule has 1 aromatic heterocycles. The largest absolute Gasteiger partial charge is 0.361 e. The lowest BCUT2D eigenvalue weighted by atomic mass is 10.1. The predicted molar refractivity (Wildman–Crippen MR) is 133 cm³/mol. The SMILES string of the molecule is CC[NH+](CC)CCCN(Cc1c[nH]c2ccccc12)C(=S)Nc1cccc(Cl)c1C. The highest BCUT2D eigenvalue weighted by molar-refractivity contribution is 7.80. The van der Waals surface area contributed by atoms with Gasteiger partial charge in [0.2, 0.25) is 0 Å². The minimum Gasteiger partial charge on any atom is -0.361 e. The van der Waals surface area contributed by atoms with Crippen molar-refractivity contribution >= 4 is 45.5 Å². The summed E-state index contributed by atoms with van der Waals surface area (Å²) in [6, 6.07) is 14.3. The Hall–Kier alpha value is -2.08. The van der Waals surface area contributed by atoms with Gasteiger partial charge >= 0.3 is 0 Å². The van der Waals surface area contributed by atoms with Gasteiger partial charge in [0.05, 0.1) is 19.6 Å². The maximum absolute atomic E-state index is 6.30. The first-order valence-corrected chi connectivity index (χ1v) is 11.5. The minimum atomic E-state index is 0.736. The number of para-hydroxylation sites is 1. The number of anilines is 1. The van der Waals surface area contributed by atoms with Crippen LogP contribution >= 0.6 is 23.8 Å². The molecule has 0 spiro atoms. The van der Waals surface area contributed by atoms with Crippen molar-refractivity contribution in [2.75, 3.05) is 31.5 Å². The van der Waals surface area contributed by atoms with E-state index in [2.05, 4.69) is 59.5 Å². The van der Waals surface area contributed by atoms with Crippen LogP contribution in [0.4, 0.5) is 5.69 Å². The van der Waals surface area contributed by atoms with Gasteiger partial charge < -0.3 is 20.1 Å². The van der Waals surface area contributed by atoms with Crippen LogP contribution in [0.2, 0.25) is 5.02 Å². The zero-order chi connectivity index (χ0) is 21.5. The molecular weight excluding hydrogens is 412 g/mol. The number of nitrogens with one attached hydrogen (secondary N) is 3.